The van der Waals surface area contributed by atoms with Crippen LogP contribution < -0.4 is 11.1 Å². The lowest BCUT2D eigenvalue weighted by Crippen LogP contribution is -2.37. The van der Waals surface area contributed by atoms with Crippen molar-refractivity contribution in [1.82, 2.24) is 5.32 Å². The molecule has 1 amide bonds. The van der Waals surface area contributed by atoms with E-state index < -0.39 is 0 Å². The number of nitrogens with two attached hydrogens (primary N) is 1. The van der Waals surface area contributed by atoms with Gasteiger partial charge in [-0.2, -0.15) is 11.8 Å². The molecule has 3 N–H and O–H groups in total. The van der Waals surface area contributed by atoms with E-state index in [0.29, 0.717) is 18.2 Å². The Morgan fingerprint density at radius 1 is 1.45 bits per heavy atom. The number of nitrogens with one attached hydrogen (secondary N) is 1. The summed E-state index contributed by atoms with van der Waals surface area (Å²) in [5.41, 5.74) is 7.91. The van der Waals surface area contributed by atoms with E-state index in [2.05, 4.69) is 17.2 Å². The van der Waals surface area contributed by atoms with E-state index >= 15 is 0 Å². The van der Waals surface area contributed by atoms with Crippen molar-refractivity contribution in [2.45, 2.75) is 25.8 Å². The second kappa shape index (κ2) is 7.37. The number of rotatable bonds is 2. The van der Waals surface area contributed by atoms with Gasteiger partial charge >= 0.3 is 0 Å². The fraction of sp³-hybridized carbons (Fsp3) is 0.438. The first-order chi connectivity index (χ1) is 9.72. The van der Waals surface area contributed by atoms with Gasteiger partial charge in [0.2, 0.25) is 0 Å². The summed E-state index contributed by atoms with van der Waals surface area (Å²) in [4.78, 5) is 12.4. The molecule has 0 atom stereocenters. The highest BCUT2D eigenvalue weighted by atomic mass is 32.2. The third-order valence-electron chi connectivity index (χ3n) is 3.46. The molecule has 1 aromatic rings. The van der Waals surface area contributed by atoms with Crippen molar-refractivity contribution in [2.24, 2.45) is 5.73 Å². The van der Waals surface area contributed by atoms with E-state index in [4.69, 9.17) is 5.73 Å². The zero-order chi connectivity index (χ0) is 14.4. The minimum absolute atomic E-state index is 0.01000. The van der Waals surface area contributed by atoms with Crippen LogP contribution in [0, 0.1) is 18.8 Å². The van der Waals surface area contributed by atoms with Crippen LogP contribution in [0.4, 0.5) is 0 Å². The van der Waals surface area contributed by atoms with Crippen LogP contribution in [0.15, 0.2) is 18.2 Å². The first-order valence-corrected chi connectivity index (χ1v) is 8.05. The fourth-order valence-electron chi connectivity index (χ4n) is 2.27. The molecule has 0 spiro atoms. The molecule has 0 saturated carbocycles. The molecule has 4 heteroatoms. The first kappa shape index (κ1) is 15.0. The summed E-state index contributed by atoms with van der Waals surface area (Å²) >= 11 is 1.95. The smallest absolute Gasteiger partial charge is 0.251 e. The van der Waals surface area contributed by atoms with Crippen molar-refractivity contribution in [2.75, 3.05) is 18.1 Å². The SMILES string of the molecule is Cc1c(C#CCN)cccc1C(=O)NC1CCSCC1. The Labute approximate surface area is 124 Å². The number of carbonyl (C=O) groups is 1. The number of hydrogen-bond donors (Lipinski definition) is 2. The molecule has 1 aliphatic rings. The van der Waals surface area contributed by atoms with E-state index in [9.17, 15) is 4.79 Å². The van der Waals surface area contributed by atoms with Crippen LogP contribution in [-0.2, 0) is 0 Å². The third-order valence-corrected chi connectivity index (χ3v) is 4.51. The largest absolute Gasteiger partial charge is 0.349 e. The highest BCUT2D eigenvalue weighted by molar-refractivity contribution is 7.99. The van der Waals surface area contributed by atoms with Crippen molar-refractivity contribution >= 4 is 17.7 Å². The van der Waals surface area contributed by atoms with Crippen LogP contribution in [0.1, 0.15) is 34.3 Å². The molecular formula is C16H20N2OS. The average Bonchev–Trinajstić information content (AvgIpc) is 2.47. The summed E-state index contributed by atoms with van der Waals surface area (Å²) in [6.07, 6.45) is 2.12. The number of carbonyl (C=O) groups excluding carboxylic acids is 1. The van der Waals surface area contributed by atoms with Gasteiger partial charge in [-0.05, 0) is 49.0 Å². The van der Waals surface area contributed by atoms with Gasteiger partial charge in [-0.25, -0.2) is 0 Å². The summed E-state index contributed by atoms with van der Waals surface area (Å²) in [7, 11) is 0. The minimum atomic E-state index is 0.01000. The number of benzene rings is 1. The van der Waals surface area contributed by atoms with Gasteiger partial charge in [-0.3, -0.25) is 4.79 Å². The molecule has 0 aromatic heterocycles. The monoisotopic (exact) mass is 288 g/mol. The maximum atomic E-state index is 12.4. The van der Waals surface area contributed by atoms with Gasteiger partial charge in [0.15, 0.2) is 0 Å². The standard InChI is InChI=1S/C16H20N2OS/c1-12-13(5-3-9-17)4-2-6-15(12)16(19)18-14-7-10-20-11-8-14/h2,4,6,14H,7-11,17H2,1H3,(H,18,19). The molecule has 1 fully saturated rings. The lowest BCUT2D eigenvalue weighted by atomic mass is 10.0. The summed E-state index contributed by atoms with van der Waals surface area (Å²) in [6.45, 7) is 2.27. The van der Waals surface area contributed by atoms with Crippen LogP contribution in [0.5, 0.6) is 0 Å². The summed E-state index contributed by atoms with van der Waals surface area (Å²) in [6, 6.07) is 5.96. The van der Waals surface area contributed by atoms with Crippen molar-refractivity contribution in [3.05, 3.63) is 34.9 Å². The van der Waals surface area contributed by atoms with Crippen molar-refractivity contribution in [1.29, 1.82) is 0 Å². The van der Waals surface area contributed by atoms with Gasteiger partial charge in [0.1, 0.15) is 0 Å². The Kier molecular flexibility index (Phi) is 5.51. The van der Waals surface area contributed by atoms with E-state index in [1.165, 1.54) is 0 Å². The molecule has 1 aliphatic heterocycles. The quantitative estimate of drug-likeness (QED) is 0.818. The zero-order valence-electron chi connectivity index (χ0n) is 11.7. The Hall–Kier alpha value is -1.44. The number of amides is 1. The van der Waals surface area contributed by atoms with Crippen molar-refractivity contribution < 1.29 is 4.79 Å². The van der Waals surface area contributed by atoms with E-state index in [0.717, 1.165) is 35.5 Å². The van der Waals surface area contributed by atoms with Crippen LogP contribution in [-0.4, -0.2) is 30.0 Å². The summed E-state index contributed by atoms with van der Waals surface area (Å²) in [5.74, 6) is 8.12. The van der Waals surface area contributed by atoms with E-state index in [1.807, 2.05) is 36.9 Å². The molecule has 0 unspecified atom stereocenters. The summed E-state index contributed by atoms with van der Waals surface area (Å²) in [5, 5.41) is 3.13. The topological polar surface area (TPSA) is 55.1 Å². The van der Waals surface area contributed by atoms with E-state index in [-0.39, 0.29) is 5.91 Å². The van der Waals surface area contributed by atoms with E-state index in [1.54, 1.807) is 0 Å². The van der Waals surface area contributed by atoms with Gasteiger partial charge in [0.05, 0.1) is 6.54 Å². The minimum Gasteiger partial charge on any atom is -0.349 e. The first-order valence-electron chi connectivity index (χ1n) is 6.89. The molecule has 0 aliphatic carbocycles. The Bertz CT molecular complexity index is 539. The molecule has 0 bridgehead atoms. The second-order valence-corrected chi connectivity index (χ2v) is 6.07. The average molecular weight is 288 g/mol. The van der Waals surface area contributed by atoms with Gasteiger partial charge in [0, 0.05) is 17.2 Å². The molecule has 20 heavy (non-hydrogen) atoms. The van der Waals surface area contributed by atoms with Crippen LogP contribution in [0.25, 0.3) is 0 Å². The fourth-order valence-corrected chi connectivity index (χ4v) is 3.37. The van der Waals surface area contributed by atoms with Crippen LogP contribution >= 0.6 is 11.8 Å². The van der Waals surface area contributed by atoms with Gasteiger partial charge in [-0.15, -0.1) is 0 Å². The molecule has 3 nitrogen and oxygen atoms in total. The highest BCUT2D eigenvalue weighted by Gasteiger charge is 2.18. The lowest BCUT2D eigenvalue weighted by molar-refractivity contribution is 0.0934. The third kappa shape index (κ3) is 3.78. The second-order valence-electron chi connectivity index (χ2n) is 4.84. The number of thioether (sulfide) groups is 1. The molecule has 0 radical (unpaired) electrons. The zero-order valence-corrected chi connectivity index (χ0v) is 12.6. The molecule has 106 valence electrons. The maximum Gasteiger partial charge on any atom is 0.251 e. The molecule has 1 heterocycles. The Balaban J connectivity index is 2.13. The molecule has 1 saturated heterocycles. The predicted molar refractivity (Wildman–Crippen MR) is 84.9 cm³/mol. The predicted octanol–water partition coefficient (Wildman–Crippen LogP) is 1.93. The molecule has 1 aromatic carbocycles. The lowest BCUT2D eigenvalue weighted by Gasteiger charge is -2.23. The Morgan fingerprint density at radius 2 is 2.20 bits per heavy atom. The summed E-state index contributed by atoms with van der Waals surface area (Å²) < 4.78 is 0. The Morgan fingerprint density at radius 3 is 2.90 bits per heavy atom. The van der Waals surface area contributed by atoms with Gasteiger partial charge in [0.25, 0.3) is 5.91 Å². The molecular weight excluding hydrogens is 268 g/mol. The van der Waals surface area contributed by atoms with Gasteiger partial charge < -0.3 is 11.1 Å². The highest BCUT2D eigenvalue weighted by Crippen LogP contribution is 2.18. The van der Waals surface area contributed by atoms with Crippen molar-refractivity contribution in [3.63, 3.8) is 0 Å². The number of hydrogen-bond acceptors (Lipinski definition) is 3. The van der Waals surface area contributed by atoms with Crippen LogP contribution in [0.3, 0.4) is 0 Å². The van der Waals surface area contributed by atoms with Crippen molar-refractivity contribution in [3.8, 4) is 11.8 Å². The normalized spacial score (nSPS) is 15.3. The van der Waals surface area contributed by atoms with Gasteiger partial charge in [-0.1, -0.05) is 17.9 Å². The van der Waals surface area contributed by atoms with Crippen LogP contribution in [0.2, 0.25) is 0 Å². The maximum absolute atomic E-state index is 12.4. The molecule has 2 rings (SSSR count).